The number of halogens is 5. The van der Waals surface area contributed by atoms with Crippen molar-refractivity contribution >= 4 is 0 Å². The number of hydrogen-bond acceptors (Lipinski definition) is 4. The Balaban J connectivity index is 1.71. The van der Waals surface area contributed by atoms with E-state index in [9.17, 15) is 22.0 Å². The van der Waals surface area contributed by atoms with Crippen LogP contribution in [0.1, 0.15) is 17.0 Å². The van der Waals surface area contributed by atoms with E-state index in [4.69, 9.17) is 4.52 Å². The van der Waals surface area contributed by atoms with E-state index in [0.29, 0.717) is 0 Å². The minimum Gasteiger partial charge on any atom is -0.338 e. The zero-order chi connectivity index (χ0) is 19.6. The molecule has 2 aromatic carbocycles. The maximum absolute atomic E-state index is 13.7. The van der Waals surface area contributed by atoms with E-state index < -0.39 is 23.4 Å². The van der Waals surface area contributed by atoms with Crippen LogP contribution in [0.4, 0.5) is 22.0 Å². The predicted octanol–water partition coefficient (Wildman–Crippen LogP) is 4.67. The summed E-state index contributed by atoms with van der Waals surface area (Å²) in [4.78, 5) is 5.73. The summed E-state index contributed by atoms with van der Waals surface area (Å²) in [5.41, 5.74) is -0.348. The van der Waals surface area contributed by atoms with E-state index in [-0.39, 0.29) is 35.9 Å². The molecule has 0 radical (unpaired) electrons. The van der Waals surface area contributed by atoms with Crippen LogP contribution < -0.4 is 0 Å². The molecule has 0 unspecified atom stereocenters. The SMILES string of the molecule is CN(Cc1nc(-c2cccc(C(F)(F)F)c2)no1)Cc1ccc(F)cc1F. The second-order valence-corrected chi connectivity index (χ2v) is 6.00. The molecule has 0 aliphatic carbocycles. The van der Waals surface area contributed by atoms with Crippen molar-refractivity contribution in [3.63, 3.8) is 0 Å². The van der Waals surface area contributed by atoms with E-state index in [1.165, 1.54) is 18.2 Å². The quantitative estimate of drug-likeness (QED) is 0.601. The smallest absolute Gasteiger partial charge is 0.338 e. The van der Waals surface area contributed by atoms with Crippen molar-refractivity contribution in [3.05, 3.63) is 71.1 Å². The first kappa shape index (κ1) is 19.0. The summed E-state index contributed by atoms with van der Waals surface area (Å²) in [5, 5.41) is 3.70. The zero-order valence-electron chi connectivity index (χ0n) is 14.1. The molecule has 3 rings (SSSR count). The third-order valence-electron chi connectivity index (χ3n) is 3.78. The van der Waals surface area contributed by atoms with Crippen molar-refractivity contribution < 1.29 is 26.5 Å². The van der Waals surface area contributed by atoms with Gasteiger partial charge in [-0.3, -0.25) is 4.90 Å². The minimum atomic E-state index is -4.47. The number of alkyl halides is 3. The van der Waals surface area contributed by atoms with Gasteiger partial charge in [-0.15, -0.1) is 0 Å². The molecule has 4 nitrogen and oxygen atoms in total. The highest BCUT2D eigenvalue weighted by Crippen LogP contribution is 2.31. The lowest BCUT2D eigenvalue weighted by Crippen LogP contribution is -2.18. The van der Waals surface area contributed by atoms with Crippen LogP contribution in [0.5, 0.6) is 0 Å². The highest BCUT2D eigenvalue weighted by molar-refractivity contribution is 5.55. The molecule has 0 N–H and O–H groups in total. The van der Waals surface area contributed by atoms with Crippen molar-refractivity contribution in [3.8, 4) is 11.4 Å². The molecule has 3 aromatic rings. The van der Waals surface area contributed by atoms with Gasteiger partial charge >= 0.3 is 6.18 Å². The first-order chi connectivity index (χ1) is 12.7. The standard InChI is InChI=1S/C18H14F5N3O/c1-26(9-12-5-6-14(19)8-15(12)20)10-16-24-17(25-27-16)11-3-2-4-13(7-11)18(21,22)23/h2-8H,9-10H2,1H3. The van der Waals surface area contributed by atoms with Gasteiger partial charge in [0, 0.05) is 23.7 Å². The van der Waals surface area contributed by atoms with Crippen LogP contribution in [-0.2, 0) is 19.3 Å². The van der Waals surface area contributed by atoms with Crippen LogP contribution in [0.25, 0.3) is 11.4 Å². The van der Waals surface area contributed by atoms with Crippen molar-refractivity contribution in [2.75, 3.05) is 7.05 Å². The average Bonchev–Trinajstić information content (AvgIpc) is 3.05. The number of benzene rings is 2. The maximum atomic E-state index is 13.7. The molecular formula is C18H14F5N3O. The summed E-state index contributed by atoms with van der Waals surface area (Å²) in [6.07, 6.45) is -4.47. The van der Waals surface area contributed by atoms with Crippen LogP contribution in [-0.4, -0.2) is 22.1 Å². The van der Waals surface area contributed by atoms with Crippen LogP contribution in [0.2, 0.25) is 0 Å². The Labute approximate surface area is 151 Å². The Kier molecular flexibility index (Phi) is 5.22. The van der Waals surface area contributed by atoms with Gasteiger partial charge in [0.2, 0.25) is 11.7 Å². The largest absolute Gasteiger partial charge is 0.416 e. The first-order valence-corrected chi connectivity index (χ1v) is 7.85. The highest BCUT2D eigenvalue weighted by atomic mass is 19.4. The Bertz CT molecular complexity index is 939. The maximum Gasteiger partial charge on any atom is 0.416 e. The predicted molar refractivity (Wildman–Crippen MR) is 86.3 cm³/mol. The molecule has 27 heavy (non-hydrogen) atoms. The lowest BCUT2D eigenvalue weighted by atomic mass is 10.1. The fourth-order valence-electron chi connectivity index (χ4n) is 2.50. The molecule has 1 heterocycles. The Morgan fingerprint density at radius 2 is 1.81 bits per heavy atom. The Morgan fingerprint density at radius 3 is 2.52 bits per heavy atom. The van der Waals surface area contributed by atoms with Crippen molar-refractivity contribution in [2.45, 2.75) is 19.3 Å². The normalized spacial score (nSPS) is 12.0. The van der Waals surface area contributed by atoms with E-state index in [1.54, 1.807) is 11.9 Å². The third-order valence-corrected chi connectivity index (χ3v) is 3.78. The van der Waals surface area contributed by atoms with Gasteiger partial charge in [0.25, 0.3) is 0 Å². The monoisotopic (exact) mass is 383 g/mol. The average molecular weight is 383 g/mol. The van der Waals surface area contributed by atoms with E-state index >= 15 is 0 Å². The van der Waals surface area contributed by atoms with Crippen LogP contribution in [0.15, 0.2) is 47.0 Å². The topological polar surface area (TPSA) is 42.2 Å². The highest BCUT2D eigenvalue weighted by Gasteiger charge is 2.30. The first-order valence-electron chi connectivity index (χ1n) is 7.85. The van der Waals surface area contributed by atoms with Gasteiger partial charge < -0.3 is 4.52 Å². The molecule has 9 heteroatoms. The summed E-state index contributed by atoms with van der Waals surface area (Å²) in [6.45, 7) is 0.302. The van der Waals surface area contributed by atoms with E-state index in [2.05, 4.69) is 10.1 Å². The van der Waals surface area contributed by atoms with Crippen LogP contribution in [0, 0.1) is 11.6 Å². The molecule has 0 saturated heterocycles. The molecule has 0 bridgehead atoms. The van der Waals surface area contributed by atoms with Crippen molar-refractivity contribution in [2.24, 2.45) is 0 Å². The number of aromatic nitrogens is 2. The molecule has 0 aliphatic heterocycles. The van der Waals surface area contributed by atoms with Gasteiger partial charge in [0.1, 0.15) is 11.6 Å². The summed E-state index contributed by atoms with van der Waals surface area (Å²) in [6, 6.07) is 7.89. The number of hydrogen-bond donors (Lipinski definition) is 0. The van der Waals surface area contributed by atoms with E-state index in [1.807, 2.05) is 0 Å². The molecule has 142 valence electrons. The molecule has 0 saturated carbocycles. The van der Waals surface area contributed by atoms with Gasteiger partial charge in [0.15, 0.2) is 0 Å². The molecular weight excluding hydrogens is 369 g/mol. The Morgan fingerprint density at radius 1 is 1.04 bits per heavy atom. The second-order valence-electron chi connectivity index (χ2n) is 6.00. The molecule has 0 fully saturated rings. The molecule has 0 amide bonds. The third kappa shape index (κ3) is 4.68. The van der Waals surface area contributed by atoms with Gasteiger partial charge in [-0.05, 0) is 25.2 Å². The summed E-state index contributed by atoms with van der Waals surface area (Å²) < 4.78 is 70.1. The summed E-state index contributed by atoms with van der Waals surface area (Å²) in [7, 11) is 1.66. The fourth-order valence-corrected chi connectivity index (χ4v) is 2.50. The fraction of sp³-hybridized carbons (Fsp3) is 0.222. The number of nitrogens with zero attached hydrogens (tertiary/aromatic N) is 3. The minimum absolute atomic E-state index is 0.0254. The lowest BCUT2D eigenvalue weighted by Gasteiger charge is -2.14. The van der Waals surface area contributed by atoms with Crippen LogP contribution in [0.3, 0.4) is 0 Å². The Hall–Kier alpha value is -2.81. The summed E-state index contributed by atoms with van der Waals surface area (Å²) in [5.74, 6) is -1.15. The zero-order valence-corrected chi connectivity index (χ0v) is 14.1. The second kappa shape index (κ2) is 7.43. The molecule has 0 aliphatic rings. The van der Waals surface area contributed by atoms with Gasteiger partial charge in [-0.2, -0.15) is 18.2 Å². The number of rotatable bonds is 5. The molecule has 0 atom stereocenters. The van der Waals surface area contributed by atoms with E-state index in [0.717, 1.165) is 24.3 Å². The van der Waals surface area contributed by atoms with Gasteiger partial charge in [-0.1, -0.05) is 23.4 Å². The van der Waals surface area contributed by atoms with Gasteiger partial charge in [0.05, 0.1) is 12.1 Å². The van der Waals surface area contributed by atoms with Crippen molar-refractivity contribution in [1.82, 2.24) is 15.0 Å². The lowest BCUT2D eigenvalue weighted by molar-refractivity contribution is -0.137. The van der Waals surface area contributed by atoms with Crippen molar-refractivity contribution in [1.29, 1.82) is 0 Å². The van der Waals surface area contributed by atoms with Gasteiger partial charge in [-0.25, -0.2) is 8.78 Å². The molecule has 1 aromatic heterocycles. The van der Waals surface area contributed by atoms with Crippen LogP contribution >= 0.6 is 0 Å². The molecule has 0 spiro atoms. The summed E-state index contributed by atoms with van der Waals surface area (Å²) >= 11 is 0.